The van der Waals surface area contributed by atoms with E-state index in [4.69, 9.17) is 11.6 Å². The molecule has 0 bridgehead atoms. The van der Waals surface area contributed by atoms with E-state index in [1.807, 2.05) is 13.8 Å². The maximum Gasteiger partial charge on any atom is 0.269 e. The summed E-state index contributed by atoms with van der Waals surface area (Å²) in [4.78, 5) is 22.4. The highest BCUT2D eigenvalue weighted by molar-refractivity contribution is 5.90. The number of nitrogens with one attached hydrogen (secondary N) is 1. The number of hydrogen-bond donors (Lipinski definition) is 3. The average Bonchev–Trinajstić information content (AvgIpc) is 2.66. The second-order valence-electron chi connectivity index (χ2n) is 3.74. The molecule has 7 heteroatoms. The molecule has 1 aromatic heterocycles. The lowest BCUT2D eigenvalue weighted by Crippen LogP contribution is -2.39. The number of rotatable bonds is 4. The molecule has 0 saturated carbocycles. The summed E-state index contributed by atoms with van der Waals surface area (Å²) in [5.41, 5.74) is 7.26. The van der Waals surface area contributed by atoms with E-state index in [1.165, 1.54) is 16.9 Å². The van der Waals surface area contributed by atoms with Crippen LogP contribution < -0.4 is 17.0 Å². The van der Waals surface area contributed by atoms with Crippen molar-refractivity contribution in [3.05, 3.63) is 18.0 Å². The van der Waals surface area contributed by atoms with Crippen LogP contribution >= 0.6 is 0 Å². The van der Waals surface area contributed by atoms with Gasteiger partial charge >= 0.3 is 0 Å². The van der Waals surface area contributed by atoms with Gasteiger partial charge in [0.1, 0.15) is 11.7 Å². The highest BCUT2D eigenvalue weighted by atomic mass is 16.2. The molecule has 0 spiro atoms. The van der Waals surface area contributed by atoms with Crippen LogP contribution in [-0.2, 0) is 4.79 Å². The van der Waals surface area contributed by atoms with Crippen molar-refractivity contribution >= 4 is 11.8 Å². The Morgan fingerprint density at radius 1 is 1.50 bits per heavy atom. The van der Waals surface area contributed by atoms with Crippen LogP contribution in [0.2, 0.25) is 0 Å². The SMILES string of the molecule is CC(C)C(C(=O)NN)n1ccc(C(N)=O)n1. The highest BCUT2D eigenvalue weighted by Gasteiger charge is 2.24. The monoisotopic (exact) mass is 225 g/mol. The van der Waals surface area contributed by atoms with Crippen LogP contribution in [0.5, 0.6) is 0 Å². The minimum Gasteiger partial charge on any atom is -0.364 e. The third-order valence-electron chi connectivity index (χ3n) is 2.19. The van der Waals surface area contributed by atoms with Crippen LogP contribution in [0, 0.1) is 5.92 Å². The molecule has 1 aromatic rings. The van der Waals surface area contributed by atoms with Gasteiger partial charge in [-0.1, -0.05) is 13.8 Å². The van der Waals surface area contributed by atoms with E-state index in [2.05, 4.69) is 10.5 Å². The van der Waals surface area contributed by atoms with Crippen LogP contribution in [-0.4, -0.2) is 21.6 Å². The molecule has 7 nitrogen and oxygen atoms in total. The quantitative estimate of drug-likeness (QED) is 0.352. The molecule has 1 unspecified atom stereocenters. The summed E-state index contributed by atoms with van der Waals surface area (Å²) in [6.07, 6.45) is 1.53. The van der Waals surface area contributed by atoms with Crippen molar-refractivity contribution in [2.24, 2.45) is 17.5 Å². The van der Waals surface area contributed by atoms with Gasteiger partial charge in [-0.15, -0.1) is 0 Å². The van der Waals surface area contributed by atoms with Gasteiger partial charge in [-0.05, 0) is 12.0 Å². The average molecular weight is 225 g/mol. The molecule has 1 rings (SSSR count). The first-order chi connectivity index (χ1) is 7.47. The predicted molar refractivity (Wildman–Crippen MR) is 57.0 cm³/mol. The predicted octanol–water partition coefficient (Wildman–Crippen LogP) is -0.831. The van der Waals surface area contributed by atoms with Gasteiger partial charge < -0.3 is 5.73 Å². The molecule has 0 aliphatic heterocycles. The molecule has 0 fully saturated rings. The number of amides is 2. The molecule has 0 aromatic carbocycles. The van der Waals surface area contributed by atoms with Crippen molar-refractivity contribution in [1.82, 2.24) is 15.2 Å². The van der Waals surface area contributed by atoms with E-state index < -0.39 is 11.9 Å². The Morgan fingerprint density at radius 2 is 2.12 bits per heavy atom. The normalized spacial score (nSPS) is 12.5. The molecule has 0 aliphatic rings. The second-order valence-corrected chi connectivity index (χ2v) is 3.74. The number of primary amides is 1. The van der Waals surface area contributed by atoms with Gasteiger partial charge in [0.15, 0.2) is 0 Å². The first-order valence-electron chi connectivity index (χ1n) is 4.82. The van der Waals surface area contributed by atoms with Gasteiger partial charge in [0, 0.05) is 6.20 Å². The number of hydrazine groups is 1. The minimum atomic E-state index is -0.630. The van der Waals surface area contributed by atoms with Crippen LogP contribution in [0.25, 0.3) is 0 Å². The van der Waals surface area contributed by atoms with Crippen LogP contribution in [0.4, 0.5) is 0 Å². The lowest BCUT2D eigenvalue weighted by Gasteiger charge is -2.19. The first-order valence-corrected chi connectivity index (χ1v) is 4.82. The molecule has 2 amide bonds. The summed E-state index contributed by atoms with van der Waals surface area (Å²) in [5.74, 6) is 4.08. The van der Waals surface area contributed by atoms with Gasteiger partial charge in [0.25, 0.3) is 11.8 Å². The maximum absolute atomic E-state index is 11.5. The Kier molecular flexibility index (Phi) is 3.62. The molecule has 1 atom stereocenters. The number of nitrogens with zero attached hydrogens (tertiary/aromatic N) is 2. The van der Waals surface area contributed by atoms with E-state index >= 15 is 0 Å². The number of nitrogens with two attached hydrogens (primary N) is 2. The molecule has 0 aliphatic carbocycles. The summed E-state index contributed by atoms with van der Waals surface area (Å²) < 4.78 is 1.38. The third kappa shape index (κ3) is 2.37. The zero-order valence-corrected chi connectivity index (χ0v) is 9.18. The number of carbonyl (C=O) groups is 2. The molecule has 5 N–H and O–H groups in total. The number of hydrogen-bond acceptors (Lipinski definition) is 4. The Hall–Kier alpha value is -1.89. The van der Waals surface area contributed by atoms with Gasteiger partial charge in [-0.3, -0.25) is 19.7 Å². The van der Waals surface area contributed by atoms with Crippen molar-refractivity contribution < 1.29 is 9.59 Å². The topological polar surface area (TPSA) is 116 Å². The molecule has 1 heterocycles. The number of carbonyl (C=O) groups excluding carboxylic acids is 2. The third-order valence-corrected chi connectivity index (χ3v) is 2.19. The molecule has 0 saturated heterocycles. The lowest BCUT2D eigenvalue weighted by molar-refractivity contribution is -0.125. The van der Waals surface area contributed by atoms with Gasteiger partial charge in [0.2, 0.25) is 0 Å². The summed E-state index contributed by atoms with van der Waals surface area (Å²) in [6.45, 7) is 3.71. The van der Waals surface area contributed by atoms with E-state index in [0.29, 0.717) is 0 Å². The van der Waals surface area contributed by atoms with Crippen LogP contribution in [0.3, 0.4) is 0 Å². The standard InChI is InChI=1S/C9H15N5O2/c1-5(2)7(9(16)12-11)14-4-3-6(13-14)8(10)15/h3-5,7H,11H2,1-2H3,(H2,10,15)(H,12,16). The largest absolute Gasteiger partial charge is 0.364 e. The second kappa shape index (κ2) is 4.75. The number of aromatic nitrogens is 2. The van der Waals surface area contributed by atoms with Gasteiger partial charge in [-0.2, -0.15) is 5.10 Å². The Morgan fingerprint density at radius 3 is 2.50 bits per heavy atom. The van der Waals surface area contributed by atoms with Crippen LogP contribution in [0.15, 0.2) is 12.3 Å². The van der Waals surface area contributed by atoms with Crippen molar-refractivity contribution in [1.29, 1.82) is 0 Å². The molecule has 88 valence electrons. The summed E-state index contributed by atoms with van der Waals surface area (Å²) in [6, 6.07) is 0.903. The Labute approximate surface area is 92.8 Å². The van der Waals surface area contributed by atoms with Crippen molar-refractivity contribution in [2.45, 2.75) is 19.9 Å². The van der Waals surface area contributed by atoms with E-state index in [0.717, 1.165) is 0 Å². The van der Waals surface area contributed by atoms with Gasteiger partial charge in [0.05, 0.1) is 0 Å². The smallest absolute Gasteiger partial charge is 0.269 e. The zero-order valence-electron chi connectivity index (χ0n) is 9.18. The van der Waals surface area contributed by atoms with Gasteiger partial charge in [-0.25, -0.2) is 5.84 Å². The summed E-state index contributed by atoms with van der Waals surface area (Å²) in [7, 11) is 0. The van der Waals surface area contributed by atoms with E-state index in [1.54, 1.807) is 0 Å². The first kappa shape index (κ1) is 12.2. The maximum atomic E-state index is 11.5. The zero-order chi connectivity index (χ0) is 12.3. The molecular weight excluding hydrogens is 210 g/mol. The molecule has 16 heavy (non-hydrogen) atoms. The highest BCUT2D eigenvalue weighted by Crippen LogP contribution is 2.16. The van der Waals surface area contributed by atoms with E-state index in [9.17, 15) is 9.59 Å². The van der Waals surface area contributed by atoms with E-state index in [-0.39, 0.29) is 17.5 Å². The summed E-state index contributed by atoms with van der Waals surface area (Å²) in [5, 5.41) is 3.93. The lowest BCUT2D eigenvalue weighted by atomic mass is 10.0. The Bertz CT molecular complexity index is 398. The van der Waals surface area contributed by atoms with Crippen molar-refractivity contribution in [3.8, 4) is 0 Å². The Balaban J connectivity index is 3.02. The summed E-state index contributed by atoms with van der Waals surface area (Å²) >= 11 is 0. The fourth-order valence-electron chi connectivity index (χ4n) is 1.44. The molecule has 0 radical (unpaired) electrons. The van der Waals surface area contributed by atoms with Crippen molar-refractivity contribution in [3.63, 3.8) is 0 Å². The van der Waals surface area contributed by atoms with Crippen molar-refractivity contribution in [2.75, 3.05) is 0 Å². The van der Waals surface area contributed by atoms with Crippen LogP contribution in [0.1, 0.15) is 30.4 Å². The minimum absolute atomic E-state index is 0.0100. The molecular formula is C9H15N5O2. The fourth-order valence-corrected chi connectivity index (χ4v) is 1.44. The fraction of sp³-hybridized carbons (Fsp3) is 0.444.